The highest BCUT2D eigenvalue weighted by Gasteiger charge is 2.15. The van der Waals surface area contributed by atoms with Crippen LogP contribution in [0.1, 0.15) is 5.56 Å². The van der Waals surface area contributed by atoms with Crippen LogP contribution in [0.3, 0.4) is 0 Å². The first-order valence-corrected chi connectivity index (χ1v) is 9.21. The van der Waals surface area contributed by atoms with E-state index in [-0.39, 0.29) is 12.6 Å². The first-order chi connectivity index (χ1) is 13.3. The highest BCUT2D eigenvalue weighted by Crippen LogP contribution is 2.37. The number of thiophene rings is 1. The van der Waals surface area contributed by atoms with Crippen molar-refractivity contribution in [3.63, 3.8) is 0 Å². The summed E-state index contributed by atoms with van der Waals surface area (Å²) in [6, 6.07) is 14.5. The van der Waals surface area contributed by atoms with E-state index in [0.717, 1.165) is 38.0 Å². The van der Waals surface area contributed by atoms with Crippen LogP contribution in [0.5, 0.6) is 11.5 Å². The lowest BCUT2D eigenvalue weighted by atomic mass is 10.2. The van der Waals surface area contributed by atoms with Crippen LogP contribution in [0, 0.1) is 5.82 Å². The fraction of sp³-hybridized carbons (Fsp3) is 0.100. The summed E-state index contributed by atoms with van der Waals surface area (Å²) in [6.45, 7) is 0.836. The molecule has 0 unspecified atom stereocenters. The molecule has 0 fully saturated rings. The number of anilines is 1. The third-order valence-electron chi connectivity index (χ3n) is 4.35. The van der Waals surface area contributed by atoms with Gasteiger partial charge in [-0.25, -0.2) is 14.4 Å². The highest BCUT2D eigenvalue weighted by molar-refractivity contribution is 7.22. The second-order valence-corrected chi connectivity index (χ2v) is 7.12. The van der Waals surface area contributed by atoms with Gasteiger partial charge in [-0.3, -0.25) is 0 Å². The topological polar surface area (TPSA) is 56.3 Å². The number of fused-ring (bicyclic) bond motifs is 2. The molecule has 0 saturated heterocycles. The molecule has 0 radical (unpaired) electrons. The van der Waals surface area contributed by atoms with Crippen LogP contribution in [0.2, 0.25) is 0 Å². The van der Waals surface area contributed by atoms with Crippen LogP contribution in [-0.4, -0.2) is 16.8 Å². The summed E-state index contributed by atoms with van der Waals surface area (Å²) in [4.78, 5) is 9.51. The Hall–Kier alpha value is -3.19. The molecule has 5 rings (SSSR count). The number of aromatic nitrogens is 2. The molecule has 0 aliphatic carbocycles. The largest absolute Gasteiger partial charge is 0.454 e. The van der Waals surface area contributed by atoms with Gasteiger partial charge in [-0.1, -0.05) is 24.3 Å². The Labute approximate surface area is 158 Å². The van der Waals surface area contributed by atoms with Crippen molar-refractivity contribution >= 4 is 27.4 Å². The van der Waals surface area contributed by atoms with Gasteiger partial charge in [0, 0.05) is 17.0 Å². The van der Waals surface area contributed by atoms with Crippen molar-refractivity contribution in [2.45, 2.75) is 6.54 Å². The van der Waals surface area contributed by atoms with Crippen molar-refractivity contribution in [1.29, 1.82) is 0 Å². The Morgan fingerprint density at radius 1 is 1.04 bits per heavy atom. The first-order valence-electron chi connectivity index (χ1n) is 8.40. The van der Waals surface area contributed by atoms with E-state index < -0.39 is 0 Å². The normalized spacial score (nSPS) is 12.5. The predicted octanol–water partition coefficient (Wildman–Crippen LogP) is 4.84. The number of benzene rings is 2. The van der Waals surface area contributed by atoms with E-state index >= 15 is 0 Å². The van der Waals surface area contributed by atoms with Gasteiger partial charge in [0.1, 0.15) is 18.0 Å². The van der Waals surface area contributed by atoms with E-state index in [0.29, 0.717) is 12.1 Å². The molecule has 2 aromatic heterocycles. The quantitative estimate of drug-likeness (QED) is 0.550. The molecule has 7 heteroatoms. The molecule has 27 heavy (non-hydrogen) atoms. The molecule has 134 valence electrons. The summed E-state index contributed by atoms with van der Waals surface area (Å²) in [5.41, 5.74) is 2.42. The third-order valence-corrected chi connectivity index (χ3v) is 5.51. The van der Waals surface area contributed by atoms with Gasteiger partial charge in [-0.2, -0.15) is 0 Å². The van der Waals surface area contributed by atoms with Gasteiger partial charge in [-0.15, -0.1) is 11.3 Å². The van der Waals surface area contributed by atoms with E-state index in [1.165, 1.54) is 23.7 Å². The average Bonchev–Trinajstić information content (AvgIpc) is 3.33. The second-order valence-electron chi connectivity index (χ2n) is 6.07. The fourth-order valence-electron chi connectivity index (χ4n) is 3.01. The van der Waals surface area contributed by atoms with Crippen molar-refractivity contribution in [1.82, 2.24) is 9.97 Å². The first kappa shape index (κ1) is 16.0. The smallest absolute Gasteiger partial charge is 0.231 e. The monoisotopic (exact) mass is 379 g/mol. The number of halogens is 1. The van der Waals surface area contributed by atoms with Gasteiger partial charge >= 0.3 is 0 Å². The molecule has 0 atom stereocenters. The van der Waals surface area contributed by atoms with Gasteiger partial charge in [0.2, 0.25) is 6.79 Å². The van der Waals surface area contributed by atoms with Gasteiger partial charge in [0.05, 0.1) is 10.2 Å². The van der Waals surface area contributed by atoms with Crippen molar-refractivity contribution in [3.8, 4) is 21.9 Å². The lowest BCUT2D eigenvalue weighted by molar-refractivity contribution is 0.174. The maximum atomic E-state index is 14.1. The highest BCUT2D eigenvalue weighted by atomic mass is 32.1. The van der Waals surface area contributed by atoms with Gasteiger partial charge in [-0.05, 0) is 29.8 Å². The molecule has 1 aliphatic heterocycles. The summed E-state index contributed by atoms with van der Waals surface area (Å²) < 4.78 is 25.8. The van der Waals surface area contributed by atoms with Gasteiger partial charge in [0.25, 0.3) is 0 Å². The van der Waals surface area contributed by atoms with Crippen LogP contribution >= 0.6 is 11.3 Å². The minimum Gasteiger partial charge on any atom is -0.454 e. The minimum atomic E-state index is -0.244. The fourth-order valence-corrected chi connectivity index (χ4v) is 4.11. The van der Waals surface area contributed by atoms with Crippen LogP contribution in [0.4, 0.5) is 10.2 Å². The second kappa shape index (κ2) is 6.51. The number of hydrogen-bond acceptors (Lipinski definition) is 6. The lowest BCUT2D eigenvalue weighted by Crippen LogP contribution is -2.01. The van der Waals surface area contributed by atoms with E-state index in [4.69, 9.17) is 9.47 Å². The van der Waals surface area contributed by atoms with E-state index in [1.54, 1.807) is 12.1 Å². The molecule has 0 amide bonds. The summed E-state index contributed by atoms with van der Waals surface area (Å²) in [5, 5.41) is 3.34. The van der Waals surface area contributed by atoms with Crippen LogP contribution in [0.15, 0.2) is 54.9 Å². The molecular weight excluding hydrogens is 365 g/mol. The number of nitrogens with one attached hydrogen (secondary N) is 1. The zero-order chi connectivity index (χ0) is 18.2. The summed E-state index contributed by atoms with van der Waals surface area (Å²) >= 11 is 1.47. The molecule has 0 saturated carbocycles. The molecular formula is C20H14FN3O2S. The number of ether oxygens (including phenoxy) is 2. The van der Waals surface area contributed by atoms with Crippen molar-refractivity contribution in [2.75, 3.05) is 12.1 Å². The number of rotatable bonds is 4. The Bertz CT molecular complexity index is 1150. The standard InChI is InChI=1S/C20H14FN3O2S/c21-14-4-2-1-3-13(14)18-8-15-19(27-18)20(24-10-23-15)22-9-12-5-6-16-17(7-12)26-11-25-16/h1-8,10H,9,11H2,(H,22,23,24). The molecule has 0 spiro atoms. The maximum Gasteiger partial charge on any atom is 0.231 e. The van der Waals surface area contributed by atoms with Gasteiger partial charge < -0.3 is 14.8 Å². The van der Waals surface area contributed by atoms with Crippen molar-refractivity contribution in [3.05, 3.63) is 66.2 Å². The Kier molecular flexibility index (Phi) is 3.86. The summed E-state index contributed by atoms with van der Waals surface area (Å²) in [7, 11) is 0. The van der Waals surface area contributed by atoms with Crippen LogP contribution in [0.25, 0.3) is 20.7 Å². The number of nitrogens with zero attached hydrogens (tertiary/aromatic N) is 2. The minimum absolute atomic E-state index is 0.244. The molecule has 1 N–H and O–H groups in total. The molecule has 4 aromatic rings. The molecule has 1 aliphatic rings. The zero-order valence-electron chi connectivity index (χ0n) is 14.1. The van der Waals surface area contributed by atoms with Crippen LogP contribution in [-0.2, 0) is 6.54 Å². The molecule has 3 heterocycles. The predicted molar refractivity (Wildman–Crippen MR) is 103 cm³/mol. The van der Waals surface area contributed by atoms with Crippen molar-refractivity contribution in [2.24, 2.45) is 0 Å². The molecule has 0 bridgehead atoms. The zero-order valence-corrected chi connectivity index (χ0v) is 14.9. The average molecular weight is 379 g/mol. The van der Waals surface area contributed by atoms with Gasteiger partial charge in [0.15, 0.2) is 11.5 Å². The van der Waals surface area contributed by atoms with E-state index in [1.807, 2.05) is 30.3 Å². The van der Waals surface area contributed by atoms with Crippen molar-refractivity contribution < 1.29 is 13.9 Å². The molecule has 5 nitrogen and oxygen atoms in total. The van der Waals surface area contributed by atoms with E-state index in [2.05, 4.69) is 15.3 Å². The Morgan fingerprint density at radius 3 is 2.85 bits per heavy atom. The molecule has 2 aromatic carbocycles. The summed E-state index contributed by atoms with van der Waals surface area (Å²) in [5.74, 6) is 1.99. The van der Waals surface area contributed by atoms with Crippen LogP contribution < -0.4 is 14.8 Å². The van der Waals surface area contributed by atoms with E-state index in [9.17, 15) is 4.39 Å². The SMILES string of the molecule is Fc1ccccc1-c1cc2ncnc(NCc3ccc4c(c3)OCO4)c2s1. The number of hydrogen-bond donors (Lipinski definition) is 1. The Balaban J connectivity index is 1.44. The maximum absolute atomic E-state index is 14.1. The third kappa shape index (κ3) is 2.96. The lowest BCUT2D eigenvalue weighted by Gasteiger charge is -2.07. The summed E-state index contributed by atoms with van der Waals surface area (Å²) in [6.07, 6.45) is 1.52. The Morgan fingerprint density at radius 2 is 1.93 bits per heavy atom.